The van der Waals surface area contributed by atoms with E-state index in [1.807, 2.05) is 0 Å². The van der Waals surface area contributed by atoms with Crippen LogP contribution in [0.5, 0.6) is 0 Å². The molecule has 30 heavy (non-hydrogen) atoms. The van der Waals surface area contributed by atoms with Gasteiger partial charge in [0.2, 0.25) is 5.91 Å². The van der Waals surface area contributed by atoms with Crippen LogP contribution >= 0.6 is 0 Å². The largest absolute Gasteiger partial charge is 0.369 e. The zero-order valence-electron chi connectivity index (χ0n) is 16.3. The Bertz CT molecular complexity index is 1180. The summed E-state index contributed by atoms with van der Waals surface area (Å²) in [4.78, 5) is 43.6. The van der Waals surface area contributed by atoms with Crippen molar-refractivity contribution in [2.24, 2.45) is 11.7 Å². The van der Waals surface area contributed by atoms with Crippen molar-refractivity contribution in [3.63, 3.8) is 0 Å². The number of halogens is 1. The Labute approximate surface area is 171 Å². The number of benzene rings is 1. The minimum Gasteiger partial charge on any atom is -0.369 e. The summed E-state index contributed by atoms with van der Waals surface area (Å²) in [5.41, 5.74) is 5.56. The van der Waals surface area contributed by atoms with E-state index in [0.717, 1.165) is 0 Å². The number of hydrogen-bond donors (Lipinski definition) is 1. The lowest BCUT2D eigenvalue weighted by Gasteiger charge is -2.30. The molecule has 1 aliphatic rings. The molecule has 1 fully saturated rings. The molecule has 7 nitrogen and oxygen atoms in total. The number of aromatic nitrogens is 2. The summed E-state index contributed by atoms with van der Waals surface area (Å²) in [6.07, 6.45) is 2.50. The molecule has 0 aliphatic carbocycles. The Morgan fingerprint density at radius 1 is 1.13 bits per heavy atom. The Morgan fingerprint density at radius 2 is 1.87 bits per heavy atom. The maximum absolute atomic E-state index is 14.2. The predicted molar refractivity (Wildman–Crippen MR) is 109 cm³/mol. The van der Waals surface area contributed by atoms with Crippen molar-refractivity contribution in [3.8, 4) is 0 Å². The van der Waals surface area contributed by atoms with E-state index < -0.39 is 17.3 Å². The molecule has 0 spiro atoms. The second-order valence-corrected chi connectivity index (χ2v) is 7.43. The minimum absolute atomic E-state index is 0.00404. The third-order valence-electron chi connectivity index (χ3n) is 5.55. The van der Waals surface area contributed by atoms with Crippen LogP contribution in [0.15, 0.2) is 53.5 Å². The van der Waals surface area contributed by atoms with Crippen molar-refractivity contribution < 1.29 is 14.0 Å². The summed E-state index contributed by atoms with van der Waals surface area (Å²) in [5.74, 6) is -1.46. The number of fused-ring (bicyclic) bond motifs is 1. The quantitative estimate of drug-likeness (QED) is 0.713. The van der Waals surface area contributed by atoms with Crippen LogP contribution in [0.25, 0.3) is 11.0 Å². The van der Waals surface area contributed by atoms with Gasteiger partial charge in [0.1, 0.15) is 17.0 Å². The first kappa shape index (κ1) is 19.8. The molecule has 0 radical (unpaired) electrons. The fourth-order valence-corrected chi connectivity index (χ4v) is 3.84. The molecule has 1 aromatic carbocycles. The summed E-state index contributed by atoms with van der Waals surface area (Å²) >= 11 is 0. The van der Waals surface area contributed by atoms with Crippen molar-refractivity contribution in [2.75, 3.05) is 13.1 Å². The van der Waals surface area contributed by atoms with Crippen molar-refractivity contribution in [3.05, 3.63) is 76.0 Å². The minimum atomic E-state index is -0.522. The number of amides is 2. The van der Waals surface area contributed by atoms with Gasteiger partial charge in [-0.15, -0.1) is 0 Å². The average Bonchev–Trinajstić information content (AvgIpc) is 2.76. The number of rotatable bonds is 4. The highest BCUT2D eigenvalue weighted by atomic mass is 19.1. The number of nitrogens with two attached hydrogens (primary N) is 1. The molecule has 3 aromatic rings. The molecule has 0 saturated carbocycles. The topological polar surface area (TPSA) is 98.3 Å². The van der Waals surface area contributed by atoms with Crippen LogP contribution in [0, 0.1) is 11.7 Å². The lowest BCUT2D eigenvalue weighted by molar-refractivity contribution is -0.123. The average molecular weight is 408 g/mol. The van der Waals surface area contributed by atoms with E-state index >= 15 is 0 Å². The van der Waals surface area contributed by atoms with E-state index in [0.29, 0.717) is 42.5 Å². The molecule has 3 heterocycles. The molecule has 4 rings (SSSR count). The van der Waals surface area contributed by atoms with Gasteiger partial charge in [-0.25, -0.2) is 9.37 Å². The summed E-state index contributed by atoms with van der Waals surface area (Å²) in [5, 5.41) is 0.615. The van der Waals surface area contributed by atoms with Crippen molar-refractivity contribution in [1.29, 1.82) is 0 Å². The highest BCUT2D eigenvalue weighted by Crippen LogP contribution is 2.20. The zero-order valence-corrected chi connectivity index (χ0v) is 16.3. The summed E-state index contributed by atoms with van der Waals surface area (Å²) < 4.78 is 15.5. The van der Waals surface area contributed by atoms with E-state index in [9.17, 15) is 18.8 Å². The van der Waals surface area contributed by atoms with Gasteiger partial charge in [0.05, 0.1) is 6.54 Å². The summed E-state index contributed by atoms with van der Waals surface area (Å²) in [7, 11) is 0. The number of nitrogens with zero attached hydrogens (tertiary/aromatic N) is 3. The smallest absolute Gasteiger partial charge is 0.265 e. The van der Waals surface area contributed by atoms with Gasteiger partial charge >= 0.3 is 0 Å². The van der Waals surface area contributed by atoms with E-state index in [2.05, 4.69) is 4.98 Å². The molecular weight excluding hydrogens is 387 g/mol. The van der Waals surface area contributed by atoms with Gasteiger partial charge in [0, 0.05) is 36.2 Å². The van der Waals surface area contributed by atoms with Gasteiger partial charge in [-0.1, -0.05) is 18.2 Å². The molecule has 154 valence electrons. The lowest BCUT2D eigenvalue weighted by atomic mass is 9.96. The van der Waals surface area contributed by atoms with Gasteiger partial charge in [-0.2, -0.15) is 0 Å². The van der Waals surface area contributed by atoms with Crippen LogP contribution in [-0.4, -0.2) is 39.4 Å². The molecule has 2 aromatic heterocycles. The number of piperidine rings is 1. The zero-order chi connectivity index (χ0) is 21.3. The first-order chi connectivity index (χ1) is 14.5. The van der Waals surface area contributed by atoms with Crippen LogP contribution in [0.2, 0.25) is 0 Å². The van der Waals surface area contributed by atoms with Crippen LogP contribution < -0.4 is 11.3 Å². The van der Waals surface area contributed by atoms with Gasteiger partial charge in [0.25, 0.3) is 11.5 Å². The number of carbonyl (C=O) groups is 2. The monoisotopic (exact) mass is 408 g/mol. The van der Waals surface area contributed by atoms with Gasteiger partial charge in [-0.3, -0.25) is 19.0 Å². The maximum atomic E-state index is 14.2. The Balaban J connectivity index is 1.73. The van der Waals surface area contributed by atoms with E-state index in [1.54, 1.807) is 41.4 Å². The number of carbonyl (C=O) groups excluding carboxylic acids is 2. The third-order valence-corrected chi connectivity index (χ3v) is 5.55. The second kappa shape index (κ2) is 8.06. The summed E-state index contributed by atoms with van der Waals surface area (Å²) in [6.45, 7) is 0.665. The highest BCUT2D eigenvalue weighted by Gasteiger charge is 2.28. The fraction of sp³-hybridized carbons (Fsp3) is 0.273. The molecule has 8 heteroatoms. The van der Waals surface area contributed by atoms with Gasteiger partial charge in [0.15, 0.2) is 0 Å². The fourth-order valence-electron chi connectivity index (χ4n) is 3.84. The molecule has 2 amide bonds. The number of pyridine rings is 2. The maximum Gasteiger partial charge on any atom is 0.265 e. The Hall–Kier alpha value is -3.55. The number of primary amides is 1. The highest BCUT2D eigenvalue weighted by molar-refractivity contribution is 5.97. The molecule has 0 bridgehead atoms. The third kappa shape index (κ3) is 3.68. The molecule has 0 unspecified atom stereocenters. The van der Waals surface area contributed by atoms with Gasteiger partial charge < -0.3 is 10.6 Å². The first-order valence-corrected chi connectivity index (χ1v) is 9.76. The van der Waals surface area contributed by atoms with Crippen molar-refractivity contribution >= 4 is 22.8 Å². The van der Waals surface area contributed by atoms with Crippen LogP contribution in [0.4, 0.5) is 4.39 Å². The number of likely N-dealkylation sites (tertiary alicyclic amines) is 1. The molecule has 0 atom stereocenters. The van der Waals surface area contributed by atoms with Gasteiger partial charge in [-0.05, 0) is 37.1 Å². The lowest BCUT2D eigenvalue weighted by Crippen LogP contribution is -2.43. The Morgan fingerprint density at radius 3 is 2.57 bits per heavy atom. The standard InChI is InChI=1S/C22H21FN4O3/c23-18-6-2-1-4-16(18)13-27-20-15(5-3-9-25-20)12-17(22(27)30)21(29)26-10-7-14(8-11-26)19(24)28/h1-6,9,12,14H,7-8,10-11,13H2,(H2,24,28). The number of hydrogen-bond acceptors (Lipinski definition) is 4. The predicted octanol–water partition coefficient (Wildman–Crippen LogP) is 1.92. The van der Waals surface area contributed by atoms with Crippen molar-refractivity contribution in [2.45, 2.75) is 19.4 Å². The molecule has 2 N–H and O–H groups in total. The van der Waals surface area contributed by atoms with Crippen molar-refractivity contribution in [1.82, 2.24) is 14.5 Å². The van der Waals surface area contributed by atoms with E-state index in [-0.39, 0.29) is 23.9 Å². The molecule has 1 aliphatic heterocycles. The SMILES string of the molecule is NC(=O)C1CCN(C(=O)c2cc3cccnc3n(Cc3ccccc3F)c2=O)CC1. The summed E-state index contributed by atoms with van der Waals surface area (Å²) in [6, 6.07) is 11.2. The van der Waals surface area contributed by atoms with E-state index in [4.69, 9.17) is 5.73 Å². The first-order valence-electron chi connectivity index (χ1n) is 9.76. The Kier molecular flexibility index (Phi) is 5.31. The van der Waals surface area contributed by atoms with E-state index in [1.165, 1.54) is 16.7 Å². The molecule has 1 saturated heterocycles. The van der Waals surface area contributed by atoms with Crippen LogP contribution in [0.3, 0.4) is 0 Å². The second-order valence-electron chi connectivity index (χ2n) is 7.43. The van der Waals surface area contributed by atoms with Crippen LogP contribution in [-0.2, 0) is 11.3 Å². The molecular formula is C22H21FN4O3. The normalized spacial score (nSPS) is 14.8. The van der Waals surface area contributed by atoms with Crippen LogP contribution in [0.1, 0.15) is 28.8 Å².